The molecule has 0 radical (unpaired) electrons. The first-order chi connectivity index (χ1) is 12.5. The molecule has 2 heterocycles. The van der Waals surface area contributed by atoms with Gasteiger partial charge in [0.15, 0.2) is 0 Å². The molecule has 136 valence electrons. The van der Waals surface area contributed by atoms with E-state index in [2.05, 4.69) is 20.9 Å². The minimum atomic E-state index is -2.92. The number of fused-ring (bicyclic) bond motifs is 3. The van der Waals surface area contributed by atoms with E-state index in [0.717, 1.165) is 0 Å². The molecule has 0 amide bonds. The minimum absolute atomic E-state index is 0.109. The molecule has 4 nitrogen and oxygen atoms in total. The van der Waals surface area contributed by atoms with Crippen LogP contribution in [0.1, 0.15) is 30.0 Å². The van der Waals surface area contributed by atoms with Crippen LogP contribution in [0.4, 0.5) is 13.2 Å². The van der Waals surface area contributed by atoms with Gasteiger partial charge in [0.25, 0.3) is 0 Å². The van der Waals surface area contributed by atoms with E-state index in [1.807, 2.05) is 4.57 Å². The highest BCUT2D eigenvalue weighted by atomic mass is 79.9. The Morgan fingerprint density at radius 2 is 2.04 bits per heavy atom. The summed E-state index contributed by atoms with van der Waals surface area (Å²) >= 11 is 3.19. The Balaban J connectivity index is 1.91. The van der Waals surface area contributed by atoms with Crippen LogP contribution >= 0.6 is 15.9 Å². The molecule has 0 fully saturated rings. The van der Waals surface area contributed by atoms with E-state index >= 15 is 0 Å². The number of aromatic nitrogens is 2. The molecule has 0 saturated carbocycles. The molecule has 0 aliphatic carbocycles. The first-order valence-electron chi connectivity index (χ1n) is 7.93. The lowest BCUT2D eigenvalue weighted by molar-refractivity contribution is -0.0507. The van der Waals surface area contributed by atoms with E-state index in [1.165, 1.54) is 12.1 Å². The van der Waals surface area contributed by atoms with E-state index in [0.29, 0.717) is 33.3 Å². The maximum absolute atomic E-state index is 13.9. The summed E-state index contributed by atoms with van der Waals surface area (Å²) in [6.07, 6.45) is 0.196. The molecule has 2 atom stereocenters. The Bertz CT molecular complexity index is 976. The standard InChI is InChI=1S/C18H14BrF3N2O2/c1-25-16-8-13(9-4-2-3-5-15(9)26-18(21)22)24-14-6-10(19)11(20)7-12(14)23-17(16)24/h2-7,13,16,18H,8H2,1H3/t13?,16-/m1/s1. The molecule has 0 N–H and O–H groups in total. The van der Waals surface area contributed by atoms with Crippen molar-refractivity contribution in [3.05, 3.63) is 58.1 Å². The summed E-state index contributed by atoms with van der Waals surface area (Å²) in [4.78, 5) is 4.50. The molecule has 0 saturated heterocycles. The number of imidazole rings is 1. The fourth-order valence-electron chi connectivity index (χ4n) is 3.50. The summed E-state index contributed by atoms with van der Waals surface area (Å²) in [5, 5.41) is 0. The van der Waals surface area contributed by atoms with Gasteiger partial charge in [-0.05, 0) is 28.1 Å². The molecule has 1 unspecified atom stereocenters. The summed E-state index contributed by atoms with van der Waals surface area (Å²) in [7, 11) is 1.56. The van der Waals surface area contributed by atoms with Gasteiger partial charge in [-0.3, -0.25) is 0 Å². The third kappa shape index (κ3) is 2.77. The van der Waals surface area contributed by atoms with Crippen LogP contribution in [0.5, 0.6) is 5.75 Å². The van der Waals surface area contributed by atoms with Crippen molar-refractivity contribution < 1.29 is 22.6 Å². The second-order valence-corrected chi connectivity index (χ2v) is 6.84. The molecular weight excluding hydrogens is 413 g/mol. The fourth-order valence-corrected chi connectivity index (χ4v) is 3.84. The Labute approximate surface area is 155 Å². The Morgan fingerprint density at radius 1 is 1.27 bits per heavy atom. The van der Waals surface area contributed by atoms with Crippen LogP contribution in [0.3, 0.4) is 0 Å². The van der Waals surface area contributed by atoms with Crippen molar-refractivity contribution >= 4 is 27.0 Å². The molecular formula is C18H14BrF3N2O2. The topological polar surface area (TPSA) is 36.3 Å². The largest absolute Gasteiger partial charge is 0.434 e. The number of rotatable bonds is 4. The van der Waals surface area contributed by atoms with E-state index in [9.17, 15) is 13.2 Å². The first-order valence-corrected chi connectivity index (χ1v) is 8.72. The lowest BCUT2D eigenvalue weighted by atomic mass is 10.0. The second kappa shape index (κ2) is 6.59. The van der Waals surface area contributed by atoms with Crippen molar-refractivity contribution in [2.45, 2.75) is 25.2 Å². The molecule has 2 aromatic carbocycles. The molecule has 26 heavy (non-hydrogen) atoms. The number of para-hydroxylation sites is 1. The van der Waals surface area contributed by atoms with E-state index in [-0.39, 0.29) is 17.9 Å². The van der Waals surface area contributed by atoms with Gasteiger partial charge in [0.05, 0.1) is 21.5 Å². The zero-order chi connectivity index (χ0) is 18.4. The van der Waals surface area contributed by atoms with Crippen molar-refractivity contribution in [3.8, 4) is 5.75 Å². The molecule has 1 aromatic heterocycles. The SMILES string of the molecule is CO[C@@H]1CC(c2ccccc2OC(F)F)n2c1nc1cc(F)c(Br)cc12. The van der Waals surface area contributed by atoms with Gasteiger partial charge in [-0.1, -0.05) is 18.2 Å². The Hall–Kier alpha value is -2.06. The number of ether oxygens (including phenoxy) is 2. The highest BCUT2D eigenvalue weighted by Crippen LogP contribution is 2.45. The van der Waals surface area contributed by atoms with Crippen molar-refractivity contribution in [3.63, 3.8) is 0 Å². The van der Waals surface area contributed by atoms with Crippen LogP contribution in [0.15, 0.2) is 40.9 Å². The maximum Gasteiger partial charge on any atom is 0.387 e. The van der Waals surface area contributed by atoms with Gasteiger partial charge in [0.1, 0.15) is 23.5 Å². The number of benzene rings is 2. The average Bonchev–Trinajstić information content (AvgIpc) is 3.12. The summed E-state index contributed by atoms with van der Waals surface area (Å²) < 4.78 is 51.9. The van der Waals surface area contributed by atoms with E-state index in [1.54, 1.807) is 31.4 Å². The van der Waals surface area contributed by atoms with Gasteiger partial charge in [-0.2, -0.15) is 8.78 Å². The number of hydrogen-bond acceptors (Lipinski definition) is 3. The molecule has 0 bridgehead atoms. The molecule has 3 aromatic rings. The number of nitrogens with zero attached hydrogens (tertiary/aromatic N) is 2. The zero-order valence-corrected chi connectivity index (χ0v) is 15.2. The lowest BCUT2D eigenvalue weighted by Crippen LogP contribution is -2.10. The highest BCUT2D eigenvalue weighted by Gasteiger charge is 2.37. The van der Waals surface area contributed by atoms with Gasteiger partial charge in [0.2, 0.25) is 0 Å². The van der Waals surface area contributed by atoms with Crippen LogP contribution < -0.4 is 4.74 Å². The van der Waals surface area contributed by atoms with Crippen molar-refractivity contribution in [1.29, 1.82) is 0 Å². The monoisotopic (exact) mass is 426 g/mol. The van der Waals surface area contributed by atoms with Crippen molar-refractivity contribution in [2.75, 3.05) is 7.11 Å². The van der Waals surface area contributed by atoms with Crippen molar-refractivity contribution in [2.24, 2.45) is 0 Å². The third-order valence-electron chi connectivity index (χ3n) is 4.57. The summed E-state index contributed by atoms with van der Waals surface area (Å²) in [5.74, 6) is 0.330. The van der Waals surface area contributed by atoms with Gasteiger partial charge < -0.3 is 14.0 Å². The van der Waals surface area contributed by atoms with Crippen LogP contribution in [-0.2, 0) is 4.74 Å². The van der Waals surface area contributed by atoms with Gasteiger partial charge in [0, 0.05) is 25.2 Å². The van der Waals surface area contributed by atoms with Gasteiger partial charge >= 0.3 is 6.61 Å². The molecule has 8 heteroatoms. The van der Waals surface area contributed by atoms with E-state index < -0.39 is 12.4 Å². The second-order valence-electron chi connectivity index (χ2n) is 5.99. The lowest BCUT2D eigenvalue weighted by Gasteiger charge is -2.19. The molecule has 1 aliphatic heterocycles. The normalized spacial score (nSPS) is 19.3. The van der Waals surface area contributed by atoms with E-state index in [4.69, 9.17) is 9.47 Å². The van der Waals surface area contributed by atoms with Crippen LogP contribution in [-0.4, -0.2) is 23.3 Å². The van der Waals surface area contributed by atoms with Crippen LogP contribution in [0, 0.1) is 5.82 Å². The minimum Gasteiger partial charge on any atom is -0.434 e. The van der Waals surface area contributed by atoms with Crippen LogP contribution in [0.25, 0.3) is 11.0 Å². The van der Waals surface area contributed by atoms with Gasteiger partial charge in [-0.15, -0.1) is 0 Å². The summed E-state index contributed by atoms with van der Waals surface area (Å²) in [6, 6.07) is 9.33. The fraction of sp³-hybridized carbons (Fsp3) is 0.278. The quantitative estimate of drug-likeness (QED) is 0.573. The summed E-state index contributed by atoms with van der Waals surface area (Å²) in [5.41, 5.74) is 1.79. The molecule has 0 spiro atoms. The highest BCUT2D eigenvalue weighted by molar-refractivity contribution is 9.10. The molecule has 1 aliphatic rings. The predicted octanol–water partition coefficient (Wildman–Crippen LogP) is 5.22. The Morgan fingerprint density at radius 3 is 2.77 bits per heavy atom. The predicted molar refractivity (Wildman–Crippen MR) is 93.0 cm³/mol. The molecule has 4 rings (SSSR count). The number of alkyl halides is 2. The zero-order valence-electron chi connectivity index (χ0n) is 13.6. The average molecular weight is 427 g/mol. The first kappa shape index (κ1) is 17.4. The Kier molecular flexibility index (Phi) is 4.40. The number of hydrogen-bond donors (Lipinski definition) is 0. The maximum atomic E-state index is 13.9. The number of halogens is 4. The van der Waals surface area contributed by atoms with Gasteiger partial charge in [-0.25, -0.2) is 9.37 Å². The smallest absolute Gasteiger partial charge is 0.387 e. The summed E-state index contributed by atoms with van der Waals surface area (Å²) in [6.45, 7) is -2.92. The van der Waals surface area contributed by atoms with Crippen LogP contribution in [0.2, 0.25) is 0 Å². The van der Waals surface area contributed by atoms with Crippen molar-refractivity contribution in [1.82, 2.24) is 9.55 Å². The number of methoxy groups -OCH3 is 1. The third-order valence-corrected chi connectivity index (χ3v) is 5.18.